The number of piperidine rings is 1. The third-order valence-electron chi connectivity index (χ3n) is 4.42. The van der Waals surface area contributed by atoms with E-state index in [9.17, 15) is 18.4 Å². The summed E-state index contributed by atoms with van der Waals surface area (Å²) in [5, 5.41) is 12.6. The number of carbonyl (C=O) groups excluding carboxylic acids is 1. The van der Waals surface area contributed by atoms with Gasteiger partial charge in [-0.05, 0) is 32.6 Å². The topological polar surface area (TPSA) is 75.4 Å². The molecule has 2 heterocycles. The van der Waals surface area contributed by atoms with Crippen LogP contribution in [-0.4, -0.2) is 44.8 Å². The van der Waals surface area contributed by atoms with E-state index in [-0.39, 0.29) is 24.7 Å². The van der Waals surface area contributed by atoms with Crippen molar-refractivity contribution in [2.24, 2.45) is 5.92 Å². The van der Waals surface area contributed by atoms with Crippen LogP contribution in [0, 0.1) is 19.8 Å². The van der Waals surface area contributed by atoms with E-state index in [1.165, 1.54) is 6.92 Å². The number of rotatable bonds is 5. The molecule has 1 saturated heterocycles. The Hall–Kier alpha value is -1.99. The summed E-state index contributed by atoms with van der Waals surface area (Å²) in [5.41, 5.74) is 1.30. The summed E-state index contributed by atoms with van der Waals surface area (Å²) in [4.78, 5) is 24.7. The van der Waals surface area contributed by atoms with Gasteiger partial charge in [-0.1, -0.05) is 0 Å². The van der Waals surface area contributed by atoms with Crippen molar-refractivity contribution in [2.45, 2.75) is 46.1 Å². The second-order valence-corrected chi connectivity index (χ2v) is 5.97. The van der Waals surface area contributed by atoms with Gasteiger partial charge in [0, 0.05) is 30.8 Å². The predicted molar refractivity (Wildman–Crippen MR) is 78.2 cm³/mol. The van der Waals surface area contributed by atoms with Crippen LogP contribution >= 0.6 is 0 Å². The van der Waals surface area contributed by atoms with E-state index >= 15 is 0 Å². The number of likely N-dealkylation sites (tertiary alicyclic amines) is 1. The van der Waals surface area contributed by atoms with Gasteiger partial charge >= 0.3 is 12.5 Å². The minimum absolute atomic E-state index is 0.0496. The first kappa shape index (κ1) is 17.4. The molecule has 128 valence electrons. The fraction of sp³-hybridized carbons (Fsp3) is 0.667. The summed E-state index contributed by atoms with van der Waals surface area (Å²) in [6, 6.07) is 0. The highest BCUT2D eigenvalue weighted by Gasteiger charge is 2.26. The molecule has 0 spiro atoms. The fourth-order valence-electron chi connectivity index (χ4n) is 3.04. The molecule has 1 aromatic heterocycles. The van der Waals surface area contributed by atoms with Crippen LogP contribution < -0.4 is 0 Å². The quantitative estimate of drug-likeness (QED) is 0.898. The summed E-state index contributed by atoms with van der Waals surface area (Å²) < 4.78 is 26.3. The Labute approximate surface area is 133 Å². The second-order valence-electron chi connectivity index (χ2n) is 5.97. The van der Waals surface area contributed by atoms with Gasteiger partial charge < -0.3 is 10.0 Å². The smallest absolute Gasteiger partial charge is 0.333 e. The Morgan fingerprint density at radius 1 is 1.30 bits per heavy atom. The molecule has 23 heavy (non-hydrogen) atoms. The summed E-state index contributed by atoms with van der Waals surface area (Å²) in [5.74, 6) is -0.846. The zero-order valence-electron chi connectivity index (χ0n) is 13.3. The summed E-state index contributed by atoms with van der Waals surface area (Å²) in [6.07, 6.45) is 1.49. The number of nitrogens with zero attached hydrogens (tertiary/aromatic N) is 3. The number of carboxylic acid groups (broad SMARTS) is 1. The lowest BCUT2D eigenvalue weighted by atomic mass is 9.93. The maximum atomic E-state index is 12.8. The Bertz CT molecular complexity index is 593. The van der Waals surface area contributed by atoms with Gasteiger partial charge in [-0.2, -0.15) is 13.9 Å². The molecule has 1 fully saturated rings. The summed E-state index contributed by atoms with van der Waals surface area (Å²) in [6.45, 7) is 1.46. The van der Waals surface area contributed by atoms with E-state index in [1.807, 2.05) is 0 Å². The maximum absolute atomic E-state index is 12.8. The number of hydrogen-bond acceptors (Lipinski definition) is 3. The average molecular weight is 329 g/mol. The number of amides is 1. The Kier molecular flexibility index (Phi) is 5.33. The zero-order valence-corrected chi connectivity index (χ0v) is 13.3. The Balaban J connectivity index is 1.97. The van der Waals surface area contributed by atoms with Crippen molar-refractivity contribution in [1.82, 2.24) is 14.7 Å². The lowest BCUT2D eigenvalue weighted by Gasteiger charge is -2.31. The predicted octanol–water partition coefficient (Wildman–Crippen LogP) is 2.15. The number of aliphatic carboxylic acids is 1. The van der Waals surface area contributed by atoms with Gasteiger partial charge in [0.2, 0.25) is 5.91 Å². The standard InChI is InChI=1S/C15H21F2N3O3/c1-9-12(10(2)20(18-9)15(16)17)8-13(21)19-5-3-11(4-6-19)7-14(22)23/h11,15H,3-8H2,1-2H3,(H,22,23). The molecule has 0 aromatic carbocycles. The van der Waals surface area contributed by atoms with Crippen LogP contribution in [0.4, 0.5) is 8.78 Å². The van der Waals surface area contributed by atoms with Crippen LogP contribution in [0.2, 0.25) is 0 Å². The van der Waals surface area contributed by atoms with E-state index in [0.717, 1.165) is 0 Å². The third-order valence-corrected chi connectivity index (χ3v) is 4.42. The van der Waals surface area contributed by atoms with Crippen molar-refractivity contribution in [1.29, 1.82) is 0 Å². The highest BCUT2D eigenvalue weighted by molar-refractivity contribution is 5.79. The first-order valence-corrected chi connectivity index (χ1v) is 7.62. The van der Waals surface area contributed by atoms with Crippen molar-refractivity contribution in [3.63, 3.8) is 0 Å². The monoisotopic (exact) mass is 329 g/mol. The molecule has 0 aliphatic carbocycles. The van der Waals surface area contributed by atoms with Gasteiger partial charge in [-0.25, -0.2) is 4.68 Å². The van der Waals surface area contributed by atoms with Gasteiger partial charge in [-0.3, -0.25) is 9.59 Å². The average Bonchev–Trinajstić information content (AvgIpc) is 2.75. The number of aryl methyl sites for hydroxylation is 1. The number of alkyl halides is 2. The van der Waals surface area contributed by atoms with E-state index < -0.39 is 12.5 Å². The Morgan fingerprint density at radius 2 is 1.91 bits per heavy atom. The van der Waals surface area contributed by atoms with Crippen molar-refractivity contribution >= 4 is 11.9 Å². The van der Waals surface area contributed by atoms with Gasteiger partial charge in [0.15, 0.2) is 0 Å². The maximum Gasteiger partial charge on any atom is 0.333 e. The minimum atomic E-state index is -2.72. The lowest BCUT2D eigenvalue weighted by molar-refractivity contribution is -0.138. The van der Waals surface area contributed by atoms with Crippen LogP contribution in [-0.2, 0) is 16.0 Å². The molecule has 0 unspecified atom stereocenters. The molecule has 1 aliphatic rings. The minimum Gasteiger partial charge on any atom is -0.481 e. The van der Waals surface area contributed by atoms with E-state index in [0.29, 0.717) is 47.6 Å². The lowest BCUT2D eigenvalue weighted by Crippen LogP contribution is -2.39. The largest absolute Gasteiger partial charge is 0.481 e. The molecule has 6 nitrogen and oxygen atoms in total. The molecule has 2 rings (SSSR count). The number of halogens is 2. The number of hydrogen-bond donors (Lipinski definition) is 1. The molecule has 1 N–H and O–H groups in total. The van der Waals surface area contributed by atoms with Gasteiger partial charge in [0.1, 0.15) is 0 Å². The van der Waals surface area contributed by atoms with Crippen LogP contribution in [0.3, 0.4) is 0 Å². The Morgan fingerprint density at radius 3 is 2.39 bits per heavy atom. The van der Waals surface area contributed by atoms with Crippen molar-refractivity contribution in [3.05, 3.63) is 17.0 Å². The van der Waals surface area contributed by atoms with Gasteiger partial charge in [0.25, 0.3) is 0 Å². The molecule has 1 aliphatic heterocycles. The summed E-state index contributed by atoms with van der Waals surface area (Å²) >= 11 is 0. The normalized spacial score (nSPS) is 16.1. The number of carboxylic acids is 1. The molecular formula is C15H21F2N3O3. The molecule has 0 saturated carbocycles. The SMILES string of the molecule is Cc1nn(C(F)F)c(C)c1CC(=O)N1CCC(CC(=O)O)CC1. The first-order chi connectivity index (χ1) is 10.8. The van der Waals surface area contributed by atoms with Crippen LogP contribution in [0.1, 0.15) is 42.8 Å². The molecule has 0 radical (unpaired) electrons. The van der Waals surface area contributed by atoms with Crippen LogP contribution in [0.15, 0.2) is 0 Å². The van der Waals surface area contributed by atoms with Crippen molar-refractivity contribution in [2.75, 3.05) is 13.1 Å². The van der Waals surface area contributed by atoms with Crippen molar-refractivity contribution in [3.8, 4) is 0 Å². The van der Waals surface area contributed by atoms with Crippen molar-refractivity contribution < 1.29 is 23.5 Å². The van der Waals surface area contributed by atoms with Crippen LogP contribution in [0.25, 0.3) is 0 Å². The van der Waals surface area contributed by atoms with E-state index in [4.69, 9.17) is 5.11 Å². The third kappa shape index (κ3) is 4.05. The van der Waals surface area contributed by atoms with E-state index in [1.54, 1.807) is 11.8 Å². The molecule has 0 atom stereocenters. The number of aromatic nitrogens is 2. The fourth-order valence-corrected chi connectivity index (χ4v) is 3.04. The highest BCUT2D eigenvalue weighted by Crippen LogP contribution is 2.23. The highest BCUT2D eigenvalue weighted by atomic mass is 19.3. The number of carbonyl (C=O) groups is 2. The van der Waals surface area contributed by atoms with Gasteiger partial charge in [0.05, 0.1) is 12.1 Å². The second kappa shape index (κ2) is 7.06. The summed E-state index contributed by atoms with van der Waals surface area (Å²) in [7, 11) is 0. The molecule has 1 aromatic rings. The molecular weight excluding hydrogens is 308 g/mol. The van der Waals surface area contributed by atoms with Crippen LogP contribution in [0.5, 0.6) is 0 Å². The first-order valence-electron chi connectivity index (χ1n) is 7.62. The molecule has 8 heteroatoms. The molecule has 1 amide bonds. The molecule has 0 bridgehead atoms. The van der Waals surface area contributed by atoms with Gasteiger partial charge in [-0.15, -0.1) is 0 Å². The zero-order chi connectivity index (χ0) is 17.1. The van der Waals surface area contributed by atoms with E-state index in [2.05, 4.69) is 5.10 Å².